The summed E-state index contributed by atoms with van der Waals surface area (Å²) in [6, 6.07) is 21.9. The van der Waals surface area contributed by atoms with Crippen LogP contribution < -0.4 is 20.9 Å². The van der Waals surface area contributed by atoms with Crippen molar-refractivity contribution in [2.45, 2.75) is 130 Å². The molecule has 0 spiro atoms. The molecule has 0 amide bonds. The maximum absolute atomic E-state index is 5.94. The molecule has 5 saturated carbocycles. The van der Waals surface area contributed by atoms with Crippen molar-refractivity contribution in [1.82, 2.24) is 36.2 Å². The van der Waals surface area contributed by atoms with Gasteiger partial charge in [-0.1, -0.05) is 52.8 Å². The second-order valence-corrected chi connectivity index (χ2v) is 17.2. The van der Waals surface area contributed by atoms with Gasteiger partial charge in [-0.15, -0.1) is 0 Å². The van der Waals surface area contributed by atoms with Crippen LogP contribution in [0.15, 0.2) is 63.6 Å². The second-order valence-electron chi connectivity index (χ2n) is 17.2. The lowest BCUT2D eigenvalue weighted by Crippen LogP contribution is -2.33. The number of benzene rings is 2. The molecule has 10 heteroatoms. The van der Waals surface area contributed by atoms with Crippen LogP contribution in [-0.2, 0) is 10.8 Å². The largest absolute Gasteiger partial charge is 0.371 e. The van der Waals surface area contributed by atoms with Crippen LogP contribution in [0.5, 0.6) is 0 Å². The number of rotatable bonds is 14. The zero-order valence-electron chi connectivity index (χ0n) is 30.6. The predicted molar refractivity (Wildman–Crippen MR) is 200 cm³/mol. The van der Waals surface area contributed by atoms with Crippen molar-refractivity contribution >= 4 is 5.69 Å². The number of piperidine rings is 1. The average Bonchev–Trinajstić information content (AvgIpc) is 4.10. The molecule has 1 aliphatic heterocycles. The van der Waals surface area contributed by atoms with Gasteiger partial charge in [-0.05, 0) is 107 Å². The highest BCUT2D eigenvalue weighted by Crippen LogP contribution is 2.50. The standard InChI is InChI=1S/C42H54N8O2/c1-43-31-12-10-28(11-13-31)37-46-39(48-51-37)42(18-19-42)26-45-36-24-34(36)30-8-5-9-32(22-30)50-20-14-29(15-21-50)38-47-40(49-52-38)41(16-17-41)25-44-35-23-33(35)27-6-3-2-4-7-27/h2-9,22,28-29,31,33-36,43-45H,10-21,23-26H2,1H3/t28-,31-,33-,34-,35+,36+/m0/s1. The number of nitrogens with zero attached hydrogens (tertiary/aromatic N) is 5. The molecule has 1 saturated heterocycles. The maximum Gasteiger partial charge on any atom is 0.229 e. The Kier molecular flexibility index (Phi) is 8.48. The van der Waals surface area contributed by atoms with Gasteiger partial charge in [-0.25, -0.2) is 0 Å². The molecule has 3 heterocycles. The average molecular weight is 703 g/mol. The normalized spacial score (nSPS) is 30.3. The Morgan fingerprint density at radius 1 is 0.673 bits per heavy atom. The highest BCUT2D eigenvalue weighted by Gasteiger charge is 2.52. The molecule has 4 atom stereocenters. The summed E-state index contributed by atoms with van der Waals surface area (Å²) in [6.45, 7) is 3.92. The minimum atomic E-state index is 0.0568. The Bertz CT molecular complexity index is 1830. The van der Waals surface area contributed by atoms with E-state index in [9.17, 15) is 0 Å². The van der Waals surface area contributed by atoms with Crippen LogP contribution in [0.4, 0.5) is 5.69 Å². The van der Waals surface area contributed by atoms with Gasteiger partial charge in [0, 0.05) is 84.5 Å². The molecule has 2 aromatic carbocycles. The number of aromatic nitrogens is 4. The zero-order chi connectivity index (χ0) is 34.7. The van der Waals surface area contributed by atoms with E-state index in [0.717, 1.165) is 101 Å². The summed E-state index contributed by atoms with van der Waals surface area (Å²) < 4.78 is 11.8. The minimum Gasteiger partial charge on any atom is -0.371 e. The van der Waals surface area contributed by atoms with E-state index in [1.54, 1.807) is 0 Å². The van der Waals surface area contributed by atoms with Crippen molar-refractivity contribution in [1.29, 1.82) is 0 Å². The molecule has 4 aromatic rings. The number of hydrogen-bond donors (Lipinski definition) is 3. The summed E-state index contributed by atoms with van der Waals surface area (Å²) in [5.41, 5.74) is 4.35. The van der Waals surface area contributed by atoms with Crippen LogP contribution in [0.1, 0.15) is 135 Å². The van der Waals surface area contributed by atoms with E-state index in [2.05, 4.69) is 92.8 Å². The Hall–Kier alpha value is -3.60. The fourth-order valence-electron chi connectivity index (χ4n) is 9.39. The summed E-state index contributed by atoms with van der Waals surface area (Å²) in [5, 5.41) is 20.2. The van der Waals surface area contributed by atoms with Gasteiger partial charge in [0.25, 0.3) is 0 Å². The lowest BCUT2D eigenvalue weighted by Gasteiger charge is -2.32. The van der Waals surface area contributed by atoms with Gasteiger partial charge in [0.1, 0.15) is 0 Å². The van der Waals surface area contributed by atoms with E-state index >= 15 is 0 Å². The number of anilines is 1. The van der Waals surface area contributed by atoms with E-state index in [0.29, 0.717) is 41.8 Å². The molecule has 5 aliphatic carbocycles. The highest BCUT2D eigenvalue weighted by atomic mass is 16.5. The SMILES string of the molecule is CN[C@H]1CC[C@H](c2nc(C3(CN[C@@H]4C[C@H]4c4cccc(N5CCC(c6nc(C7(CN[C@@H]8C[C@H]8c8ccccc8)CC7)no6)CC5)c4)CC3)no2)CC1. The van der Waals surface area contributed by atoms with Crippen LogP contribution in [0, 0.1) is 0 Å². The first-order chi connectivity index (χ1) is 25.6. The molecule has 0 radical (unpaired) electrons. The van der Waals surface area contributed by atoms with Crippen LogP contribution in [0.2, 0.25) is 0 Å². The molecule has 10 rings (SSSR count). The fraction of sp³-hybridized carbons (Fsp3) is 0.619. The third-order valence-corrected chi connectivity index (χ3v) is 13.7. The Balaban J connectivity index is 0.693. The molecule has 2 aromatic heterocycles. The molecule has 52 heavy (non-hydrogen) atoms. The molecule has 3 N–H and O–H groups in total. The van der Waals surface area contributed by atoms with E-state index in [4.69, 9.17) is 19.0 Å². The first-order valence-electron chi connectivity index (χ1n) is 20.3. The van der Waals surface area contributed by atoms with Crippen LogP contribution in [0.3, 0.4) is 0 Å². The molecular weight excluding hydrogens is 649 g/mol. The third-order valence-electron chi connectivity index (χ3n) is 13.7. The minimum absolute atomic E-state index is 0.0568. The first-order valence-corrected chi connectivity index (χ1v) is 20.3. The highest BCUT2D eigenvalue weighted by molar-refractivity contribution is 5.51. The number of nitrogens with one attached hydrogen (secondary N) is 3. The molecule has 6 fully saturated rings. The van der Waals surface area contributed by atoms with Crippen molar-refractivity contribution in [3.63, 3.8) is 0 Å². The summed E-state index contributed by atoms with van der Waals surface area (Å²) in [5.74, 6) is 5.53. The van der Waals surface area contributed by atoms with E-state index in [1.165, 1.54) is 42.5 Å². The van der Waals surface area contributed by atoms with Gasteiger partial charge in [-0.3, -0.25) is 0 Å². The van der Waals surface area contributed by atoms with Crippen molar-refractivity contribution in [3.05, 3.63) is 89.2 Å². The van der Waals surface area contributed by atoms with Crippen molar-refractivity contribution in [2.75, 3.05) is 38.1 Å². The van der Waals surface area contributed by atoms with Gasteiger partial charge in [0.05, 0.1) is 0 Å². The van der Waals surface area contributed by atoms with Crippen LogP contribution in [-0.4, -0.2) is 71.6 Å². The lowest BCUT2D eigenvalue weighted by molar-refractivity contribution is 0.286. The van der Waals surface area contributed by atoms with Gasteiger partial charge in [-0.2, -0.15) is 9.97 Å². The summed E-state index contributed by atoms with van der Waals surface area (Å²) in [6.07, 6.45) is 13.7. The van der Waals surface area contributed by atoms with Crippen molar-refractivity contribution in [3.8, 4) is 0 Å². The predicted octanol–water partition coefficient (Wildman–Crippen LogP) is 6.44. The first kappa shape index (κ1) is 33.0. The van der Waals surface area contributed by atoms with Crippen molar-refractivity contribution in [2.24, 2.45) is 0 Å². The van der Waals surface area contributed by atoms with Crippen molar-refractivity contribution < 1.29 is 9.05 Å². The van der Waals surface area contributed by atoms with Gasteiger partial charge in [0.15, 0.2) is 11.6 Å². The second kappa shape index (κ2) is 13.4. The lowest BCUT2D eigenvalue weighted by atomic mass is 9.86. The monoisotopic (exact) mass is 702 g/mol. The summed E-state index contributed by atoms with van der Waals surface area (Å²) >= 11 is 0. The Morgan fingerprint density at radius 2 is 1.23 bits per heavy atom. The maximum atomic E-state index is 5.94. The van der Waals surface area contributed by atoms with E-state index < -0.39 is 0 Å². The topological polar surface area (TPSA) is 117 Å². The Labute approximate surface area is 307 Å². The zero-order valence-corrected chi connectivity index (χ0v) is 30.6. The van der Waals surface area contributed by atoms with Gasteiger partial charge >= 0.3 is 0 Å². The molecule has 0 bridgehead atoms. The van der Waals surface area contributed by atoms with Crippen LogP contribution >= 0.6 is 0 Å². The van der Waals surface area contributed by atoms with E-state index in [1.807, 2.05) is 0 Å². The van der Waals surface area contributed by atoms with Crippen LogP contribution in [0.25, 0.3) is 0 Å². The molecule has 10 nitrogen and oxygen atoms in total. The van der Waals surface area contributed by atoms with Gasteiger partial charge < -0.3 is 29.9 Å². The molecule has 274 valence electrons. The summed E-state index contributed by atoms with van der Waals surface area (Å²) in [4.78, 5) is 12.5. The van der Waals surface area contributed by atoms with Gasteiger partial charge in [0.2, 0.25) is 11.8 Å². The quantitative estimate of drug-likeness (QED) is 0.136. The summed E-state index contributed by atoms with van der Waals surface area (Å²) in [7, 11) is 2.07. The Morgan fingerprint density at radius 3 is 1.81 bits per heavy atom. The molecule has 6 aliphatic rings. The number of hydrogen-bond acceptors (Lipinski definition) is 10. The third kappa shape index (κ3) is 6.60. The molecular formula is C42H54N8O2. The smallest absolute Gasteiger partial charge is 0.229 e. The fourth-order valence-corrected chi connectivity index (χ4v) is 9.39. The van der Waals surface area contributed by atoms with E-state index in [-0.39, 0.29) is 10.8 Å². The molecule has 0 unspecified atom stereocenters.